The highest BCUT2D eigenvalue weighted by Crippen LogP contribution is 2.28. The number of hydrogen-bond acceptors (Lipinski definition) is 5. The van der Waals surface area contributed by atoms with Gasteiger partial charge < -0.3 is 19.7 Å². The van der Waals surface area contributed by atoms with E-state index in [1.165, 1.54) is 31.4 Å². The quantitative estimate of drug-likeness (QED) is 0.150. The van der Waals surface area contributed by atoms with Gasteiger partial charge in [-0.15, -0.1) is 0 Å². The lowest BCUT2D eigenvalue weighted by molar-refractivity contribution is 0.0934. The van der Waals surface area contributed by atoms with Crippen molar-refractivity contribution in [1.29, 1.82) is 0 Å². The van der Waals surface area contributed by atoms with Gasteiger partial charge in [-0.1, -0.05) is 38.1 Å². The van der Waals surface area contributed by atoms with E-state index in [1.54, 1.807) is 25.3 Å². The van der Waals surface area contributed by atoms with Gasteiger partial charge in [-0.05, 0) is 91.0 Å². The molecule has 0 aromatic heterocycles. The number of halogens is 2. The van der Waals surface area contributed by atoms with E-state index in [4.69, 9.17) is 9.47 Å². The van der Waals surface area contributed by atoms with Crippen LogP contribution in [0.1, 0.15) is 65.3 Å². The van der Waals surface area contributed by atoms with Crippen LogP contribution in [0.4, 0.5) is 8.78 Å². The summed E-state index contributed by atoms with van der Waals surface area (Å²) in [5.74, 6) is -0.798. The van der Waals surface area contributed by atoms with Crippen molar-refractivity contribution >= 4 is 24.3 Å². The van der Waals surface area contributed by atoms with E-state index >= 15 is 0 Å². The van der Waals surface area contributed by atoms with Gasteiger partial charge in [-0.3, -0.25) is 9.59 Å². The Hall–Kier alpha value is -3.88. The van der Waals surface area contributed by atoms with E-state index in [2.05, 4.69) is 36.8 Å². The van der Waals surface area contributed by atoms with Crippen LogP contribution < -0.4 is 20.5 Å². The molecule has 0 aliphatic rings. The molecule has 1 amide bonds. The van der Waals surface area contributed by atoms with Gasteiger partial charge in [-0.25, -0.2) is 8.78 Å². The molecule has 0 fully saturated rings. The lowest BCUT2D eigenvalue weighted by Gasteiger charge is -2.23. The molecule has 1 unspecified atom stereocenters. The Morgan fingerprint density at radius 3 is 2.44 bits per heavy atom. The standard InChI is InChI=1S/C37H46F2N2O4/c1-7-9-27(24-41(4)20-18-30-25(2)12-15-31(26(30)3)37(43)40-19-21-44-5)10-8-11-36(42)33-16-13-28(22-34(33)38)32-17-14-29(45-6)23-35(32)39/h12-18,22-23,27H,2,7-11,19-21,24H2,1,3-6H3,(H,40,43)/b30-18+. The van der Waals surface area contributed by atoms with E-state index in [-0.39, 0.29) is 29.2 Å². The minimum Gasteiger partial charge on any atom is -0.497 e. The smallest absolute Gasteiger partial charge is 0.251 e. The number of nitrogens with one attached hydrogen (secondary N) is 1. The molecule has 0 saturated heterocycles. The van der Waals surface area contributed by atoms with Crippen molar-refractivity contribution in [2.24, 2.45) is 5.92 Å². The molecule has 242 valence electrons. The average Bonchev–Trinajstić information content (AvgIpc) is 3.00. The number of ether oxygens (including phenoxy) is 2. The summed E-state index contributed by atoms with van der Waals surface area (Å²) in [6.45, 7) is 10.7. The second kappa shape index (κ2) is 17.6. The maximum Gasteiger partial charge on any atom is 0.251 e. The summed E-state index contributed by atoms with van der Waals surface area (Å²) in [6, 6.07) is 12.3. The number of nitrogens with zero attached hydrogens (tertiary/aromatic N) is 1. The molecule has 0 saturated carbocycles. The van der Waals surface area contributed by atoms with Crippen LogP contribution >= 0.6 is 0 Å². The molecule has 8 heteroatoms. The molecular formula is C37H46F2N2O4. The molecule has 3 rings (SSSR count). The van der Waals surface area contributed by atoms with Crippen LogP contribution in [0.3, 0.4) is 0 Å². The van der Waals surface area contributed by atoms with Gasteiger partial charge in [-0.2, -0.15) is 0 Å². The van der Waals surface area contributed by atoms with E-state index < -0.39 is 11.6 Å². The first-order valence-corrected chi connectivity index (χ1v) is 15.5. The number of carbonyl (C=O) groups is 2. The zero-order valence-corrected chi connectivity index (χ0v) is 27.2. The molecule has 0 bridgehead atoms. The largest absolute Gasteiger partial charge is 0.497 e. The fourth-order valence-electron chi connectivity index (χ4n) is 5.63. The molecule has 0 heterocycles. The first-order chi connectivity index (χ1) is 21.6. The number of hydrogen-bond donors (Lipinski definition) is 1. The predicted molar refractivity (Wildman–Crippen MR) is 177 cm³/mol. The van der Waals surface area contributed by atoms with Crippen molar-refractivity contribution in [1.82, 2.24) is 10.2 Å². The second-order valence-electron chi connectivity index (χ2n) is 11.5. The highest BCUT2D eigenvalue weighted by Gasteiger charge is 2.17. The molecule has 3 aromatic carbocycles. The molecule has 45 heavy (non-hydrogen) atoms. The first kappa shape index (κ1) is 35.6. The summed E-state index contributed by atoms with van der Waals surface area (Å²) in [5, 5.41) is 4.70. The minimum absolute atomic E-state index is 0.0281. The van der Waals surface area contributed by atoms with Crippen LogP contribution in [-0.4, -0.2) is 64.1 Å². The maximum atomic E-state index is 15.0. The van der Waals surface area contributed by atoms with Crippen molar-refractivity contribution in [2.75, 3.05) is 47.5 Å². The summed E-state index contributed by atoms with van der Waals surface area (Å²) in [7, 11) is 5.11. The SMILES string of the molecule is C=c1ccc(C(=O)NCCOC)c(C)/c1=C/CN(C)CC(CCC)CCCC(=O)c1ccc(-c2ccc(OC)cc2F)cc1F. The van der Waals surface area contributed by atoms with Gasteiger partial charge >= 0.3 is 0 Å². The van der Waals surface area contributed by atoms with Crippen LogP contribution in [0.2, 0.25) is 0 Å². The molecule has 0 spiro atoms. The topological polar surface area (TPSA) is 67.9 Å². The Kier molecular flexibility index (Phi) is 13.9. The number of ketones is 1. The molecule has 1 atom stereocenters. The summed E-state index contributed by atoms with van der Waals surface area (Å²) < 4.78 is 39.5. The van der Waals surface area contributed by atoms with Crippen molar-refractivity contribution in [2.45, 2.75) is 46.0 Å². The lowest BCUT2D eigenvalue weighted by atomic mass is 9.94. The van der Waals surface area contributed by atoms with Gasteiger partial charge in [0.15, 0.2) is 5.78 Å². The monoisotopic (exact) mass is 620 g/mol. The number of benzene rings is 3. The molecular weight excluding hydrogens is 574 g/mol. The summed E-state index contributed by atoms with van der Waals surface area (Å²) in [4.78, 5) is 27.8. The van der Waals surface area contributed by atoms with Crippen molar-refractivity contribution in [3.8, 4) is 16.9 Å². The maximum absolute atomic E-state index is 15.0. The Labute approximate surface area is 265 Å². The Morgan fingerprint density at radius 1 is 1.02 bits per heavy atom. The number of amides is 1. The summed E-state index contributed by atoms with van der Waals surface area (Å²) >= 11 is 0. The molecule has 0 aliphatic heterocycles. The van der Waals surface area contributed by atoms with Crippen molar-refractivity contribution in [3.05, 3.63) is 87.3 Å². The van der Waals surface area contributed by atoms with Gasteiger partial charge in [0.25, 0.3) is 5.91 Å². The Balaban J connectivity index is 1.59. The van der Waals surface area contributed by atoms with Crippen LogP contribution in [0.15, 0.2) is 48.5 Å². The van der Waals surface area contributed by atoms with Gasteiger partial charge in [0, 0.05) is 50.4 Å². The van der Waals surface area contributed by atoms with Crippen molar-refractivity contribution < 1.29 is 27.8 Å². The molecule has 0 aliphatic carbocycles. The number of carbonyl (C=O) groups excluding carboxylic acids is 2. The predicted octanol–water partition coefficient (Wildman–Crippen LogP) is 5.92. The highest BCUT2D eigenvalue weighted by molar-refractivity contribution is 5.97. The molecule has 0 radical (unpaired) electrons. The van der Waals surface area contributed by atoms with Crippen LogP contribution in [-0.2, 0) is 4.74 Å². The zero-order valence-electron chi connectivity index (χ0n) is 27.2. The zero-order chi connectivity index (χ0) is 32.9. The van der Waals surface area contributed by atoms with E-state index in [0.29, 0.717) is 48.9 Å². The van der Waals surface area contributed by atoms with Crippen molar-refractivity contribution in [3.63, 3.8) is 0 Å². The molecule has 3 aromatic rings. The van der Waals surface area contributed by atoms with E-state index in [0.717, 1.165) is 41.8 Å². The third-order valence-electron chi connectivity index (χ3n) is 8.09. The average molecular weight is 621 g/mol. The third-order valence-corrected chi connectivity index (χ3v) is 8.09. The number of methoxy groups -OCH3 is 2. The fourth-order valence-corrected chi connectivity index (χ4v) is 5.63. The third kappa shape index (κ3) is 10.1. The minimum atomic E-state index is -0.648. The van der Waals surface area contributed by atoms with Crippen LogP contribution in [0.5, 0.6) is 5.75 Å². The Bertz CT molecular complexity index is 1570. The van der Waals surface area contributed by atoms with Gasteiger partial charge in [0.05, 0.1) is 19.3 Å². The molecule has 6 nitrogen and oxygen atoms in total. The Morgan fingerprint density at radius 2 is 1.78 bits per heavy atom. The lowest BCUT2D eigenvalue weighted by Crippen LogP contribution is -2.34. The van der Waals surface area contributed by atoms with Crippen LogP contribution in [0, 0.1) is 24.5 Å². The van der Waals surface area contributed by atoms with Gasteiger partial charge in [0.1, 0.15) is 17.4 Å². The van der Waals surface area contributed by atoms with Gasteiger partial charge in [0.2, 0.25) is 0 Å². The number of Topliss-reactive ketones (excluding diaryl/α,β-unsaturated/α-hetero) is 1. The fraction of sp³-hybridized carbons (Fsp3) is 0.405. The van der Waals surface area contributed by atoms with E-state index in [1.807, 2.05) is 13.0 Å². The first-order valence-electron chi connectivity index (χ1n) is 15.5. The second-order valence-corrected chi connectivity index (χ2v) is 11.5. The number of rotatable bonds is 17. The highest BCUT2D eigenvalue weighted by atomic mass is 19.1. The normalized spacial score (nSPS) is 12.4. The van der Waals surface area contributed by atoms with Crippen LogP contribution in [0.25, 0.3) is 23.8 Å². The molecule has 1 N–H and O–H groups in total. The summed E-state index contributed by atoms with van der Waals surface area (Å²) in [5.41, 5.74) is 2.16. The van der Waals surface area contributed by atoms with E-state index in [9.17, 15) is 18.4 Å². The summed E-state index contributed by atoms with van der Waals surface area (Å²) in [6.07, 6.45) is 5.89.